The van der Waals surface area contributed by atoms with E-state index < -0.39 is 10.0 Å². The summed E-state index contributed by atoms with van der Waals surface area (Å²) in [4.78, 5) is 8.74. The van der Waals surface area contributed by atoms with Crippen LogP contribution in [-0.2, 0) is 10.0 Å². The predicted molar refractivity (Wildman–Crippen MR) is 104 cm³/mol. The molecule has 0 amide bonds. The van der Waals surface area contributed by atoms with Crippen LogP contribution in [-0.4, -0.2) is 36.8 Å². The molecule has 3 aromatic rings. The number of nitrogens with zero attached hydrogens (tertiary/aromatic N) is 3. The van der Waals surface area contributed by atoms with Crippen LogP contribution in [0.5, 0.6) is 0 Å². The summed E-state index contributed by atoms with van der Waals surface area (Å²) < 4.78 is 25.9. The van der Waals surface area contributed by atoms with E-state index >= 15 is 0 Å². The van der Waals surface area contributed by atoms with Crippen LogP contribution in [0.2, 0.25) is 5.28 Å². The monoisotopic (exact) mass is 390 g/mol. The van der Waals surface area contributed by atoms with Gasteiger partial charge in [-0.25, -0.2) is 22.7 Å². The van der Waals surface area contributed by atoms with E-state index in [4.69, 9.17) is 11.6 Å². The molecule has 1 unspecified atom stereocenters. The van der Waals surface area contributed by atoms with Crippen molar-refractivity contribution in [3.05, 3.63) is 59.4 Å². The van der Waals surface area contributed by atoms with E-state index in [2.05, 4.69) is 15.3 Å². The van der Waals surface area contributed by atoms with Gasteiger partial charge in [0.2, 0.25) is 15.3 Å². The molecule has 8 heteroatoms. The number of hydrogen-bond donors (Lipinski definition) is 1. The minimum absolute atomic E-state index is 0.155. The highest BCUT2D eigenvalue weighted by molar-refractivity contribution is 7.89. The molecule has 1 aromatic heterocycles. The molecule has 0 aliphatic heterocycles. The first-order valence-corrected chi connectivity index (χ1v) is 9.82. The van der Waals surface area contributed by atoms with Crippen LogP contribution >= 0.6 is 11.6 Å². The summed E-state index contributed by atoms with van der Waals surface area (Å²) in [7, 11) is -0.463. The molecule has 0 bridgehead atoms. The molecule has 26 heavy (non-hydrogen) atoms. The standard InChI is InChI=1S/C18H19ClN4O2S/c1-12(13-7-6-8-14(11-13)26(24,25)23(2)3)20-17-15-9-4-5-10-16(15)21-18(19)22-17/h4-12H,1-3H3,(H,20,21,22). The lowest BCUT2D eigenvalue weighted by Gasteiger charge is -2.18. The maximum atomic E-state index is 12.4. The molecule has 0 fully saturated rings. The quantitative estimate of drug-likeness (QED) is 0.672. The van der Waals surface area contributed by atoms with E-state index in [-0.39, 0.29) is 16.2 Å². The van der Waals surface area contributed by atoms with Gasteiger partial charge in [0.25, 0.3) is 0 Å². The van der Waals surface area contributed by atoms with Crippen molar-refractivity contribution in [1.82, 2.24) is 14.3 Å². The van der Waals surface area contributed by atoms with Crippen LogP contribution < -0.4 is 5.32 Å². The summed E-state index contributed by atoms with van der Waals surface area (Å²) in [6, 6.07) is 14.2. The van der Waals surface area contributed by atoms with Gasteiger partial charge in [0.15, 0.2) is 0 Å². The van der Waals surface area contributed by atoms with Crippen LogP contribution in [0.1, 0.15) is 18.5 Å². The number of benzene rings is 2. The number of fused-ring (bicyclic) bond motifs is 1. The van der Waals surface area contributed by atoms with Crippen molar-refractivity contribution >= 4 is 38.3 Å². The Hall–Kier alpha value is -2.22. The second-order valence-electron chi connectivity index (χ2n) is 6.08. The topological polar surface area (TPSA) is 75.2 Å². The average molecular weight is 391 g/mol. The molecule has 2 aromatic carbocycles. The first-order valence-electron chi connectivity index (χ1n) is 8.00. The van der Waals surface area contributed by atoms with Gasteiger partial charge >= 0.3 is 0 Å². The fraction of sp³-hybridized carbons (Fsp3) is 0.222. The van der Waals surface area contributed by atoms with Crippen LogP contribution in [0.4, 0.5) is 5.82 Å². The predicted octanol–water partition coefficient (Wildman–Crippen LogP) is 3.71. The number of nitrogens with one attached hydrogen (secondary N) is 1. The summed E-state index contributed by atoms with van der Waals surface area (Å²) in [6.45, 7) is 1.94. The number of aromatic nitrogens is 2. The first kappa shape index (κ1) is 18.6. The van der Waals surface area contributed by atoms with Gasteiger partial charge in [0, 0.05) is 19.5 Å². The Balaban J connectivity index is 1.96. The van der Waals surface area contributed by atoms with E-state index in [0.29, 0.717) is 5.82 Å². The zero-order chi connectivity index (χ0) is 18.9. The van der Waals surface area contributed by atoms with Crippen molar-refractivity contribution in [3.63, 3.8) is 0 Å². The third kappa shape index (κ3) is 3.65. The molecule has 6 nitrogen and oxygen atoms in total. The smallest absolute Gasteiger partial charge is 0.242 e. The lowest BCUT2D eigenvalue weighted by Crippen LogP contribution is -2.22. The molecule has 3 rings (SSSR count). The van der Waals surface area contributed by atoms with Crippen LogP contribution in [0.25, 0.3) is 10.9 Å². The molecule has 1 N–H and O–H groups in total. The Labute approximate surface area is 157 Å². The molecule has 0 radical (unpaired) electrons. The van der Waals surface area contributed by atoms with E-state index in [1.807, 2.05) is 37.3 Å². The molecule has 1 atom stereocenters. The number of halogens is 1. The molecule has 1 heterocycles. The van der Waals surface area contributed by atoms with Gasteiger partial charge in [0.05, 0.1) is 16.5 Å². The molecule has 0 spiro atoms. The van der Waals surface area contributed by atoms with Gasteiger partial charge in [-0.05, 0) is 48.4 Å². The van der Waals surface area contributed by atoms with Crippen LogP contribution in [0.3, 0.4) is 0 Å². The maximum absolute atomic E-state index is 12.4. The summed E-state index contributed by atoms with van der Waals surface area (Å²) in [5, 5.41) is 4.31. The van der Waals surface area contributed by atoms with Gasteiger partial charge in [0.1, 0.15) is 5.82 Å². The van der Waals surface area contributed by atoms with Gasteiger partial charge in [-0.1, -0.05) is 24.3 Å². The molecule has 0 saturated carbocycles. The Morgan fingerprint density at radius 1 is 1.08 bits per heavy atom. The van der Waals surface area contributed by atoms with Crippen molar-refractivity contribution in [2.24, 2.45) is 0 Å². The number of anilines is 1. The summed E-state index contributed by atoms with van der Waals surface area (Å²) in [5.41, 5.74) is 1.57. The Morgan fingerprint density at radius 2 is 1.81 bits per heavy atom. The fourth-order valence-electron chi connectivity index (χ4n) is 2.60. The first-order chi connectivity index (χ1) is 12.3. The highest BCUT2D eigenvalue weighted by atomic mass is 35.5. The molecular formula is C18H19ClN4O2S. The summed E-state index contributed by atoms with van der Waals surface area (Å²) in [6.07, 6.45) is 0. The number of sulfonamides is 1. The largest absolute Gasteiger partial charge is 0.363 e. The highest BCUT2D eigenvalue weighted by Crippen LogP contribution is 2.27. The third-order valence-corrected chi connectivity index (χ3v) is 6.05. The molecular weight excluding hydrogens is 372 g/mol. The van der Waals surface area contributed by atoms with Gasteiger partial charge in [-0.3, -0.25) is 0 Å². The lowest BCUT2D eigenvalue weighted by atomic mass is 10.1. The van der Waals surface area contributed by atoms with E-state index in [1.165, 1.54) is 18.4 Å². The Kier molecular flexibility index (Phi) is 5.13. The molecule has 136 valence electrons. The normalized spacial score (nSPS) is 13.1. The van der Waals surface area contributed by atoms with E-state index in [0.717, 1.165) is 16.5 Å². The van der Waals surface area contributed by atoms with Crippen molar-refractivity contribution in [2.75, 3.05) is 19.4 Å². The summed E-state index contributed by atoms with van der Waals surface area (Å²) >= 11 is 6.03. The van der Waals surface area contributed by atoms with E-state index in [1.54, 1.807) is 18.2 Å². The van der Waals surface area contributed by atoms with Crippen molar-refractivity contribution in [2.45, 2.75) is 17.9 Å². The summed E-state index contributed by atoms with van der Waals surface area (Å²) in [5.74, 6) is 0.606. The number of para-hydroxylation sites is 1. The second-order valence-corrected chi connectivity index (χ2v) is 8.57. The zero-order valence-electron chi connectivity index (χ0n) is 14.6. The Bertz CT molecular complexity index is 1050. The third-order valence-electron chi connectivity index (χ3n) is 4.07. The van der Waals surface area contributed by atoms with Crippen molar-refractivity contribution < 1.29 is 8.42 Å². The van der Waals surface area contributed by atoms with Gasteiger partial charge in [-0.2, -0.15) is 0 Å². The molecule has 0 aliphatic rings. The lowest BCUT2D eigenvalue weighted by molar-refractivity contribution is 0.520. The van der Waals surface area contributed by atoms with Gasteiger partial charge < -0.3 is 5.32 Å². The minimum atomic E-state index is -3.49. The SMILES string of the molecule is CC(Nc1nc(Cl)nc2ccccc12)c1cccc(S(=O)(=O)N(C)C)c1. The maximum Gasteiger partial charge on any atom is 0.242 e. The van der Waals surface area contributed by atoms with E-state index in [9.17, 15) is 8.42 Å². The minimum Gasteiger partial charge on any atom is -0.363 e. The van der Waals surface area contributed by atoms with Gasteiger partial charge in [-0.15, -0.1) is 0 Å². The molecule has 0 aliphatic carbocycles. The molecule has 0 saturated heterocycles. The second kappa shape index (κ2) is 7.19. The van der Waals surface area contributed by atoms with Crippen LogP contribution in [0.15, 0.2) is 53.4 Å². The Morgan fingerprint density at radius 3 is 2.54 bits per heavy atom. The zero-order valence-corrected chi connectivity index (χ0v) is 16.2. The van der Waals surface area contributed by atoms with Crippen LogP contribution in [0, 0.1) is 0 Å². The average Bonchev–Trinajstić information content (AvgIpc) is 2.61. The van der Waals surface area contributed by atoms with Crippen molar-refractivity contribution in [3.8, 4) is 0 Å². The van der Waals surface area contributed by atoms with Crippen molar-refractivity contribution in [1.29, 1.82) is 0 Å². The number of rotatable bonds is 5. The fourth-order valence-corrected chi connectivity index (χ4v) is 3.73. The highest BCUT2D eigenvalue weighted by Gasteiger charge is 2.19. The number of hydrogen-bond acceptors (Lipinski definition) is 5.